The first-order valence-corrected chi connectivity index (χ1v) is 7.85. The number of esters is 1. The van der Waals surface area contributed by atoms with Gasteiger partial charge in [0.15, 0.2) is 0 Å². The minimum absolute atomic E-state index is 0.160. The van der Waals surface area contributed by atoms with Crippen molar-refractivity contribution >= 4 is 17.6 Å². The van der Waals surface area contributed by atoms with Crippen LogP contribution in [0.25, 0.3) is 0 Å². The number of nitrogens with one attached hydrogen (secondary N) is 1. The van der Waals surface area contributed by atoms with Crippen LogP contribution in [0.1, 0.15) is 22.8 Å². The molecule has 0 aliphatic heterocycles. The van der Waals surface area contributed by atoms with E-state index < -0.39 is 0 Å². The van der Waals surface area contributed by atoms with E-state index in [2.05, 4.69) is 5.32 Å². The lowest BCUT2D eigenvalue weighted by atomic mass is 10.1. The van der Waals surface area contributed by atoms with Crippen LogP contribution in [0.4, 0.5) is 5.69 Å². The minimum atomic E-state index is -0.386. The fourth-order valence-electron chi connectivity index (χ4n) is 2.28. The molecule has 0 fully saturated rings. The van der Waals surface area contributed by atoms with E-state index in [-0.39, 0.29) is 18.3 Å². The van der Waals surface area contributed by atoms with Gasteiger partial charge >= 0.3 is 5.97 Å². The molecular weight excluding hydrogens is 322 g/mol. The Kier molecular flexibility index (Phi) is 6.39. The predicted molar refractivity (Wildman–Crippen MR) is 94.3 cm³/mol. The number of anilines is 1. The van der Waals surface area contributed by atoms with Gasteiger partial charge < -0.3 is 19.5 Å². The van der Waals surface area contributed by atoms with E-state index in [0.717, 1.165) is 5.56 Å². The van der Waals surface area contributed by atoms with Gasteiger partial charge in [0.2, 0.25) is 5.91 Å². The highest BCUT2D eigenvalue weighted by Gasteiger charge is 2.11. The summed E-state index contributed by atoms with van der Waals surface area (Å²) in [6.07, 6.45) is 0.160. The van der Waals surface area contributed by atoms with Gasteiger partial charge in [-0.25, -0.2) is 4.79 Å². The molecule has 0 saturated heterocycles. The van der Waals surface area contributed by atoms with Crippen LogP contribution in [-0.2, 0) is 16.0 Å². The highest BCUT2D eigenvalue weighted by Crippen LogP contribution is 2.25. The molecule has 0 heterocycles. The molecular formula is C19H21NO5. The summed E-state index contributed by atoms with van der Waals surface area (Å²) >= 11 is 0. The highest BCUT2D eigenvalue weighted by molar-refractivity contribution is 5.94. The monoisotopic (exact) mass is 343 g/mol. The molecule has 6 nitrogen and oxygen atoms in total. The van der Waals surface area contributed by atoms with Crippen molar-refractivity contribution in [3.63, 3.8) is 0 Å². The summed E-state index contributed by atoms with van der Waals surface area (Å²) in [5, 5.41) is 2.79. The van der Waals surface area contributed by atoms with Crippen LogP contribution in [0.15, 0.2) is 42.5 Å². The van der Waals surface area contributed by atoms with Crippen molar-refractivity contribution in [1.29, 1.82) is 0 Å². The van der Waals surface area contributed by atoms with Crippen LogP contribution in [0, 0.1) is 0 Å². The number of hydrogen-bond acceptors (Lipinski definition) is 5. The third-order valence-corrected chi connectivity index (χ3v) is 3.53. The van der Waals surface area contributed by atoms with Crippen molar-refractivity contribution in [2.45, 2.75) is 13.3 Å². The summed E-state index contributed by atoms with van der Waals surface area (Å²) in [6, 6.07) is 11.9. The lowest BCUT2D eigenvalue weighted by molar-refractivity contribution is -0.115. The Morgan fingerprint density at radius 3 is 2.32 bits per heavy atom. The summed E-state index contributed by atoms with van der Waals surface area (Å²) in [6.45, 7) is 2.07. The Balaban J connectivity index is 2.02. The quantitative estimate of drug-likeness (QED) is 0.782. The molecule has 25 heavy (non-hydrogen) atoms. The van der Waals surface area contributed by atoms with E-state index in [0.29, 0.717) is 29.4 Å². The molecule has 0 unspecified atom stereocenters. The Morgan fingerprint density at radius 1 is 1.00 bits per heavy atom. The molecule has 2 rings (SSSR count). The van der Waals surface area contributed by atoms with Gasteiger partial charge in [-0.15, -0.1) is 0 Å². The molecule has 132 valence electrons. The second-order valence-corrected chi connectivity index (χ2v) is 5.20. The van der Waals surface area contributed by atoms with Crippen LogP contribution >= 0.6 is 0 Å². The third-order valence-electron chi connectivity index (χ3n) is 3.53. The zero-order chi connectivity index (χ0) is 18.2. The number of methoxy groups -OCH3 is 2. The number of hydrogen-bond donors (Lipinski definition) is 1. The Morgan fingerprint density at radius 2 is 1.72 bits per heavy atom. The van der Waals surface area contributed by atoms with Crippen molar-refractivity contribution in [3.8, 4) is 11.5 Å². The molecule has 0 aliphatic rings. The smallest absolute Gasteiger partial charge is 0.338 e. The maximum absolute atomic E-state index is 12.2. The Labute approximate surface area is 146 Å². The number of carbonyl (C=O) groups excluding carboxylic acids is 2. The van der Waals surface area contributed by atoms with Gasteiger partial charge in [0.25, 0.3) is 0 Å². The molecule has 2 aromatic rings. The van der Waals surface area contributed by atoms with Crippen molar-refractivity contribution in [3.05, 3.63) is 53.6 Å². The first kappa shape index (κ1) is 18.3. The van der Waals surface area contributed by atoms with Gasteiger partial charge in [0.05, 0.1) is 32.8 Å². The van der Waals surface area contributed by atoms with Crippen LogP contribution in [0.5, 0.6) is 11.5 Å². The molecule has 0 saturated carbocycles. The molecule has 0 radical (unpaired) electrons. The van der Waals surface area contributed by atoms with E-state index in [1.807, 2.05) is 0 Å². The molecule has 1 N–H and O–H groups in total. The average Bonchev–Trinajstić information content (AvgIpc) is 2.62. The second-order valence-electron chi connectivity index (χ2n) is 5.20. The Hall–Kier alpha value is -3.02. The molecule has 0 aromatic heterocycles. The molecule has 1 amide bonds. The average molecular weight is 343 g/mol. The van der Waals surface area contributed by atoms with E-state index in [4.69, 9.17) is 14.2 Å². The number of benzene rings is 2. The minimum Gasteiger partial charge on any atom is -0.497 e. The van der Waals surface area contributed by atoms with Crippen molar-refractivity contribution in [2.75, 3.05) is 26.1 Å². The van der Waals surface area contributed by atoms with Crippen LogP contribution in [0.3, 0.4) is 0 Å². The molecule has 6 heteroatoms. The van der Waals surface area contributed by atoms with Gasteiger partial charge in [-0.05, 0) is 37.3 Å². The van der Waals surface area contributed by atoms with Gasteiger partial charge in [0, 0.05) is 17.3 Å². The third kappa shape index (κ3) is 4.97. The maximum atomic E-state index is 12.2. The molecule has 0 atom stereocenters. The van der Waals surface area contributed by atoms with Crippen LogP contribution < -0.4 is 14.8 Å². The largest absolute Gasteiger partial charge is 0.497 e. The van der Waals surface area contributed by atoms with Crippen LogP contribution in [-0.4, -0.2) is 32.7 Å². The van der Waals surface area contributed by atoms with E-state index in [1.54, 1.807) is 63.6 Å². The predicted octanol–water partition coefficient (Wildman–Crippen LogP) is 3.06. The van der Waals surface area contributed by atoms with E-state index in [9.17, 15) is 9.59 Å². The van der Waals surface area contributed by atoms with Gasteiger partial charge in [-0.1, -0.05) is 6.07 Å². The molecule has 0 spiro atoms. The first-order chi connectivity index (χ1) is 12.1. The number of ether oxygens (including phenoxy) is 3. The second kappa shape index (κ2) is 8.73. The molecule has 0 aliphatic carbocycles. The topological polar surface area (TPSA) is 73.9 Å². The fraction of sp³-hybridized carbons (Fsp3) is 0.263. The summed E-state index contributed by atoms with van der Waals surface area (Å²) in [7, 11) is 3.12. The lowest BCUT2D eigenvalue weighted by Gasteiger charge is -2.11. The van der Waals surface area contributed by atoms with Gasteiger partial charge in [-0.2, -0.15) is 0 Å². The first-order valence-electron chi connectivity index (χ1n) is 7.85. The van der Waals surface area contributed by atoms with E-state index in [1.165, 1.54) is 0 Å². The fourth-order valence-corrected chi connectivity index (χ4v) is 2.28. The standard InChI is InChI=1S/C19H21NO5/c1-4-25-19(22)13-5-8-15(9-6-13)20-18(21)11-14-7-10-16(23-2)12-17(14)24-3/h5-10,12H,4,11H2,1-3H3,(H,20,21). The SMILES string of the molecule is CCOC(=O)c1ccc(NC(=O)Cc2ccc(OC)cc2OC)cc1. The van der Waals surface area contributed by atoms with Gasteiger partial charge in [-0.3, -0.25) is 4.79 Å². The van der Waals surface area contributed by atoms with E-state index >= 15 is 0 Å². The van der Waals surface area contributed by atoms with Crippen LogP contribution in [0.2, 0.25) is 0 Å². The summed E-state index contributed by atoms with van der Waals surface area (Å²) in [5.74, 6) is 0.679. The summed E-state index contributed by atoms with van der Waals surface area (Å²) < 4.78 is 15.4. The summed E-state index contributed by atoms with van der Waals surface area (Å²) in [5.41, 5.74) is 1.80. The lowest BCUT2D eigenvalue weighted by Crippen LogP contribution is -2.15. The number of rotatable bonds is 7. The van der Waals surface area contributed by atoms with Gasteiger partial charge in [0.1, 0.15) is 11.5 Å². The number of amides is 1. The normalized spacial score (nSPS) is 10.0. The zero-order valence-corrected chi connectivity index (χ0v) is 14.5. The number of carbonyl (C=O) groups is 2. The molecule has 2 aromatic carbocycles. The Bertz CT molecular complexity index is 740. The maximum Gasteiger partial charge on any atom is 0.338 e. The van der Waals surface area contributed by atoms with Crippen molar-refractivity contribution < 1.29 is 23.8 Å². The van der Waals surface area contributed by atoms with Crippen molar-refractivity contribution in [2.24, 2.45) is 0 Å². The molecule has 0 bridgehead atoms. The highest BCUT2D eigenvalue weighted by atomic mass is 16.5. The summed E-state index contributed by atoms with van der Waals surface area (Å²) in [4.78, 5) is 23.8. The van der Waals surface area contributed by atoms with Crippen molar-refractivity contribution in [1.82, 2.24) is 0 Å². The zero-order valence-electron chi connectivity index (χ0n) is 14.5.